The number of Topliss-reactive ketones (excluding diaryl/α,β-unsaturated/α-hetero) is 1. The summed E-state index contributed by atoms with van der Waals surface area (Å²) in [6.07, 6.45) is 0.305. The van der Waals surface area contributed by atoms with Crippen LogP contribution in [-0.4, -0.2) is 23.8 Å². The van der Waals surface area contributed by atoms with E-state index in [1.807, 2.05) is 37.3 Å². The highest BCUT2D eigenvalue weighted by Gasteiger charge is 2.12. The van der Waals surface area contributed by atoms with Crippen LogP contribution in [-0.2, 0) is 4.79 Å². The van der Waals surface area contributed by atoms with Gasteiger partial charge in [0, 0.05) is 18.4 Å². The van der Waals surface area contributed by atoms with Crippen molar-refractivity contribution in [3.63, 3.8) is 0 Å². The summed E-state index contributed by atoms with van der Waals surface area (Å²) < 4.78 is 6.12. The number of aromatic nitrogens is 1. The highest BCUT2D eigenvalue weighted by atomic mass is 32.1. The average Bonchev–Trinajstić information content (AvgIpc) is 3.01. The number of fused-ring (bicyclic) bond motifs is 1. The number of carbonyl (C=O) groups excluding carboxylic acids is 2. The molecule has 1 heterocycles. The molecule has 6 heteroatoms. The van der Waals surface area contributed by atoms with Crippen LogP contribution in [0.4, 0.5) is 5.13 Å². The van der Waals surface area contributed by atoms with Gasteiger partial charge in [-0.25, -0.2) is 4.98 Å². The second-order valence-electron chi connectivity index (χ2n) is 5.69. The molecule has 0 spiro atoms. The maximum Gasteiger partial charge on any atom is 0.226 e. The van der Waals surface area contributed by atoms with Gasteiger partial charge in [0.2, 0.25) is 5.91 Å². The van der Waals surface area contributed by atoms with Gasteiger partial charge in [-0.05, 0) is 25.1 Å². The zero-order chi connectivity index (χ0) is 17.8. The Morgan fingerprint density at radius 1 is 1.12 bits per heavy atom. The molecule has 0 aliphatic rings. The van der Waals surface area contributed by atoms with Crippen LogP contribution in [0, 0.1) is 6.92 Å². The molecule has 128 valence electrons. The van der Waals surface area contributed by atoms with Gasteiger partial charge < -0.3 is 10.1 Å². The highest BCUT2D eigenvalue weighted by Crippen LogP contribution is 2.29. The molecule has 0 atom stereocenters. The first-order valence-electron chi connectivity index (χ1n) is 7.89. The molecule has 25 heavy (non-hydrogen) atoms. The largest absolute Gasteiger partial charge is 0.497 e. The summed E-state index contributed by atoms with van der Waals surface area (Å²) in [5.41, 5.74) is 2.53. The van der Waals surface area contributed by atoms with E-state index in [0.717, 1.165) is 21.5 Å². The summed E-state index contributed by atoms with van der Waals surface area (Å²) in [4.78, 5) is 28.6. The van der Waals surface area contributed by atoms with Crippen LogP contribution in [0.15, 0.2) is 42.5 Å². The molecule has 0 unspecified atom stereocenters. The maximum atomic E-state index is 12.1. The zero-order valence-corrected chi connectivity index (χ0v) is 14.9. The maximum absolute atomic E-state index is 12.1. The molecular weight excluding hydrogens is 336 g/mol. The third-order valence-electron chi connectivity index (χ3n) is 3.79. The number of ether oxygens (including phenoxy) is 1. The lowest BCUT2D eigenvalue weighted by Crippen LogP contribution is -2.13. The normalized spacial score (nSPS) is 10.6. The Labute approximate surface area is 149 Å². The molecule has 5 nitrogen and oxygen atoms in total. The number of rotatable bonds is 6. The number of ketones is 1. The molecule has 1 aromatic heterocycles. The van der Waals surface area contributed by atoms with Crippen LogP contribution in [0.25, 0.3) is 10.2 Å². The molecule has 1 amide bonds. The summed E-state index contributed by atoms with van der Waals surface area (Å²) >= 11 is 1.38. The second kappa shape index (κ2) is 7.44. The molecule has 3 aromatic rings. The van der Waals surface area contributed by atoms with Crippen molar-refractivity contribution in [3.8, 4) is 5.75 Å². The monoisotopic (exact) mass is 354 g/mol. The molecule has 0 bridgehead atoms. The first-order chi connectivity index (χ1) is 12.0. The van der Waals surface area contributed by atoms with Crippen molar-refractivity contribution in [2.45, 2.75) is 19.8 Å². The van der Waals surface area contributed by atoms with Gasteiger partial charge in [0.1, 0.15) is 5.75 Å². The van der Waals surface area contributed by atoms with Gasteiger partial charge in [0.15, 0.2) is 10.9 Å². The first-order valence-corrected chi connectivity index (χ1v) is 8.71. The summed E-state index contributed by atoms with van der Waals surface area (Å²) in [7, 11) is 1.61. The number of nitrogens with one attached hydrogen (secondary N) is 1. The minimum absolute atomic E-state index is 0.0378. The van der Waals surface area contributed by atoms with Gasteiger partial charge in [-0.1, -0.05) is 41.2 Å². The molecule has 0 fully saturated rings. The van der Waals surface area contributed by atoms with Crippen molar-refractivity contribution in [2.75, 3.05) is 12.4 Å². The minimum atomic E-state index is -0.216. The van der Waals surface area contributed by atoms with Crippen molar-refractivity contribution < 1.29 is 14.3 Å². The fourth-order valence-electron chi connectivity index (χ4n) is 2.38. The van der Waals surface area contributed by atoms with Crippen molar-refractivity contribution >= 4 is 38.4 Å². The zero-order valence-electron chi connectivity index (χ0n) is 14.0. The van der Waals surface area contributed by atoms with Crippen LogP contribution >= 0.6 is 11.3 Å². The molecule has 0 saturated carbocycles. The molecule has 0 aliphatic carbocycles. The van der Waals surface area contributed by atoms with Crippen LogP contribution < -0.4 is 10.1 Å². The lowest BCUT2D eigenvalue weighted by molar-refractivity contribution is -0.116. The molecule has 0 aliphatic heterocycles. The fraction of sp³-hybridized carbons (Fsp3) is 0.211. The highest BCUT2D eigenvalue weighted by molar-refractivity contribution is 7.22. The van der Waals surface area contributed by atoms with E-state index in [0.29, 0.717) is 10.7 Å². The van der Waals surface area contributed by atoms with E-state index >= 15 is 0 Å². The van der Waals surface area contributed by atoms with Crippen molar-refractivity contribution in [1.82, 2.24) is 4.98 Å². The number of methoxy groups -OCH3 is 1. The van der Waals surface area contributed by atoms with E-state index in [-0.39, 0.29) is 24.5 Å². The predicted molar refractivity (Wildman–Crippen MR) is 99.5 cm³/mol. The molecule has 0 radical (unpaired) electrons. The quantitative estimate of drug-likeness (QED) is 0.673. The van der Waals surface area contributed by atoms with Gasteiger partial charge in [-0.3, -0.25) is 9.59 Å². The van der Waals surface area contributed by atoms with E-state index in [1.54, 1.807) is 19.2 Å². The SMILES string of the molecule is COc1ccc2nc(NC(=O)CCC(=O)c3ccc(C)cc3)sc2c1. The van der Waals surface area contributed by atoms with Gasteiger partial charge in [-0.2, -0.15) is 0 Å². The Kier molecular flexibility index (Phi) is 5.09. The lowest BCUT2D eigenvalue weighted by atomic mass is 10.1. The number of benzene rings is 2. The molecular formula is C19H18N2O3S. The minimum Gasteiger partial charge on any atom is -0.497 e. The third-order valence-corrected chi connectivity index (χ3v) is 4.73. The van der Waals surface area contributed by atoms with Gasteiger partial charge in [0.25, 0.3) is 0 Å². The molecule has 2 aromatic carbocycles. The number of amides is 1. The van der Waals surface area contributed by atoms with Gasteiger partial charge >= 0.3 is 0 Å². The smallest absolute Gasteiger partial charge is 0.226 e. The number of anilines is 1. The Hall–Kier alpha value is -2.73. The number of nitrogens with zero attached hydrogens (tertiary/aromatic N) is 1. The number of thiazole rings is 1. The standard InChI is InChI=1S/C19H18N2O3S/c1-12-3-5-13(6-4-12)16(22)9-10-18(23)21-19-20-15-8-7-14(24-2)11-17(15)25-19/h3-8,11H,9-10H2,1-2H3,(H,20,21,23). The fourth-order valence-corrected chi connectivity index (χ4v) is 3.29. The Morgan fingerprint density at radius 2 is 1.88 bits per heavy atom. The third kappa shape index (κ3) is 4.22. The van der Waals surface area contributed by atoms with Crippen molar-refractivity contribution in [3.05, 3.63) is 53.6 Å². The first kappa shape index (κ1) is 17.1. The summed E-state index contributed by atoms with van der Waals surface area (Å²) in [5, 5.41) is 3.28. The number of hydrogen-bond acceptors (Lipinski definition) is 5. The summed E-state index contributed by atoms with van der Waals surface area (Å²) in [5.74, 6) is 0.494. The van der Waals surface area contributed by atoms with E-state index in [9.17, 15) is 9.59 Å². The lowest BCUT2D eigenvalue weighted by Gasteiger charge is -2.02. The van der Waals surface area contributed by atoms with Crippen LogP contribution in [0.1, 0.15) is 28.8 Å². The van der Waals surface area contributed by atoms with E-state index in [2.05, 4.69) is 10.3 Å². The van der Waals surface area contributed by atoms with E-state index in [1.165, 1.54) is 11.3 Å². The number of aryl methyl sites for hydroxylation is 1. The summed E-state index contributed by atoms with van der Waals surface area (Å²) in [6, 6.07) is 12.9. The second-order valence-corrected chi connectivity index (χ2v) is 6.72. The van der Waals surface area contributed by atoms with Crippen LogP contribution in [0.5, 0.6) is 5.75 Å². The predicted octanol–water partition coefficient (Wildman–Crippen LogP) is 4.21. The topological polar surface area (TPSA) is 68.3 Å². The Bertz CT molecular complexity index is 916. The van der Waals surface area contributed by atoms with Gasteiger partial charge in [0.05, 0.1) is 17.3 Å². The van der Waals surface area contributed by atoms with Gasteiger partial charge in [-0.15, -0.1) is 0 Å². The van der Waals surface area contributed by atoms with Crippen molar-refractivity contribution in [1.29, 1.82) is 0 Å². The molecule has 1 N–H and O–H groups in total. The van der Waals surface area contributed by atoms with E-state index in [4.69, 9.17) is 4.74 Å². The van der Waals surface area contributed by atoms with E-state index < -0.39 is 0 Å². The Morgan fingerprint density at radius 3 is 2.60 bits per heavy atom. The molecule has 3 rings (SSSR count). The molecule has 0 saturated heterocycles. The summed E-state index contributed by atoms with van der Waals surface area (Å²) in [6.45, 7) is 1.97. The average molecular weight is 354 g/mol. The number of hydrogen-bond donors (Lipinski definition) is 1. The number of carbonyl (C=O) groups is 2. The van der Waals surface area contributed by atoms with Crippen LogP contribution in [0.2, 0.25) is 0 Å². The van der Waals surface area contributed by atoms with Crippen molar-refractivity contribution in [2.24, 2.45) is 0 Å². The van der Waals surface area contributed by atoms with Crippen LogP contribution in [0.3, 0.4) is 0 Å². The Balaban J connectivity index is 1.58.